The molecule has 0 spiro atoms. The van der Waals surface area contributed by atoms with Gasteiger partial charge in [-0.1, -0.05) is 0 Å². The Kier molecular flexibility index (Phi) is 4.82. The maximum Gasteiger partial charge on any atom is 0.302 e. The molecule has 17 heavy (non-hydrogen) atoms. The summed E-state index contributed by atoms with van der Waals surface area (Å²) in [6.07, 6.45) is 0.633. The Morgan fingerprint density at radius 2 is 1.82 bits per heavy atom. The Bertz CT molecular complexity index is 399. The maximum absolute atomic E-state index is 10.7. The average molecular weight is 238 g/mol. The minimum atomic E-state index is -0.269. The topological polar surface area (TPSA) is 44.8 Å². The van der Waals surface area contributed by atoms with Crippen LogP contribution in [0.15, 0.2) is 12.1 Å². The molecule has 0 saturated carbocycles. The largest absolute Gasteiger partial charge is 0.496 e. The van der Waals surface area contributed by atoms with Gasteiger partial charge in [-0.15, -0.1) is 0 Å². The molecule has 0 N–H and O–H groups in total. The van der Waals surface area contributed by atoms with Crippen LogP contribution >= 0.6 is 0 Å². The molecule has 0 aliphatic heterocycles. The third-order valence-corrected chi connectivity index (χ3v) is 2.47. The molecule has 0 amide bonds. The second-order valence-electron chi connectivity index (χ2n) is 3.72. The number of carbonyl (C=O) groups is 1. The van der Waals surface area contributed by atoms with Gasteiger partial charge in [0.2, 0.25) is 0 Å². The Balaban J connectivity index is 2.83. The lowest BCUT2D eigenvalue weighted by atomic mass is 10.1. The predicted octanol–water partition coefficient (Wildman–Crippen LogP) is 2.12. The van der Waals surface area contributed by atoms with Crippen molar-refractivity contribution in [3.8, 4) is 11.5 Å². The molecule has 0 unspecified atom stereocenters. The molecule has 1 rings (SSSR count). The van der Waals surface area contributed by atoms with Crippen molar-refractivity contribution in [1.82, 2.24) is 0 Å². The molecule has 0 aromatic heterocycles. The van der Waals surface area contributed by atoms with Crippen molar-refractivity contribution in [1.29, 1.82) is 0 Å². The number of hydrogen-bond acceptors (Lipinski definition) is 4. The van der Waals surface area contributed by atoms with Crippen LogP contribution in [0.2, 0.25) is 0 Å². The highest BCUT2D eigenvalue weighted by Crippen LogP contribution is 2.28. The molecule has 0 aliphatic carbocycles. The summed E-state index contributed by atoms with van der Waals surface area (Å²) in [5.41, 5.74) is 2.04. The second-order valence-corrected chi connectivity index (χ2v) is 3.72. The van der Waals surface area contributed by atoms with E-state index in [1.165, 1.54) is 6.92 Å². The number of methoxy groups -OCH3 is 2. The number of ether oxygens (including phenoxy) is 3. The van der Waals surface area contributed by atoms with E-state index in [0.717, 1.165) is 22.6 Å². The van der Waals surface area contributed by atoms with E-state index in [1.54, 1.807) is 14.2 Å². The smallest absolute Gasteiger partial charge is 0.302 e. The van der Waals surface area contributed by atoms with E-state index in [4.69, 9.17) is 14.2 Å². The molecule has 0 heterocycles. The Hall–Kier alpha value is -1.71. The van der Waals surface area contributed by atoms with Crippen molar-refractivity contribution in [2.45, 2.75) is 20.3 Å². The highest BCUT2D eigenvalue weighted by atomic mass is 16.5. The molecule has 0 fully saturated rings. The zero-order valence-corrected chi connectivity index (χ0v) is 10.7. The van der Waals surface area contributed by atoms with Gasteiger partial charge in [0.1, 0.15) is 11.5 Å². The van der Waals surface area contributed by atoms with Gasteiger partial charge in [0.05, 0.1) is 20.8 Å². The fourth-order valence-corrected chi connectivity index (χ4v) is 1.64. The van der Waals surface area contributed by atoms with Crippen LogP contribution in [0, 0.1) is 6.92 Å². The van der Waals surface area contributed by atoms with E-state index in [0.29, 0.717) is 13.0 Å². The van der Waals surface area contributed by atoms with Crippen LogP contribution in [0.1, 0.15) is 18.1 Å². The van der Waals surface area contributed by atoms with Crippen LogP contribution in [0.4, 0.5) is 0 Å². The summed E-state index contributed by atoms with van der Waals surface area (Å²) < 4.78 is 15.4. The lowest BCUT2D eigenvalue weighted by molar-refractivity contribution is -0.140. The van der Waals surface area contributed by atoms with Crippen molar-refractivity contribution >= 4 is 5.97 Å². The van der Waals surface area contributed by atoms with E-state index >= 15 is 0 Å². The monoisotopic (exact) mass is 238 g/mol. The van der Waals surface area contributed by atoms with E-state index in [1.807, 2.05) is 19.1 Å². The predicted molar refractivity (Wildman–Crippen MR) is 64.6 cm³/mol. The highest BCUT2D eigenvalue weighted by molar-refractivity contribution is 5.65. The van der Waals surface area contributed by atoms with Gasteiger partial charge in [-0.3, -0.25) is 4.79 Å². The highest BCUT2D eigenvalue weighted by Gasteiger charge is 2.08. The molecular formula is C13H18O4. The molecule has 4 nitrogen and oxygen atoms in total. The van der Waals surface area contributed by atoms with Crippen LogP contribution in [0.3, 0.4) is 0 Å². The van der Waals surface area contributed by atoms with Gasteiger partial charge in [-0.05, 0) is 24.1 Å². The molecule has 1 aromatic carbocycles. The minimum Gasteiger partial charge on any atom is -0.496 e. The molecule has 0 saturated heterocycles. The third-order valence-electron chi connectivity index (χ3n) is 2.47. The van der Waals surface area contributed by atoms with Crippen LogP contribution in [0.25, 0.3) is 0 Å². The van der Waals surface area contributed by atoms with Crippen LogP contribution in [-0.4, -0.2) is 26.8 Å². The zero-order chi connectivity index (χ0) is 12.8. The molecule has 4 heteroatoms. The first-order valence-electron chi connectivity index (χ1n) is 5.43. The van der Waals surface area contributed by atoms with E-state index in [9.17, 15) is 4.79 Å². The first-order chi connectivity index (χ1) is 8.08. The van der Waals surface area contributed by atoms with E-state index in [2.05, 4.69) is 0 Å². The zero-order valence-electron chi connectivity index (χ0n) is 10.7. The maximum atomic E-state index is 10.7. The number of rotatable bonds is 5. The summed E-state index contributed by atoms with van der Waals surface area (Å²) in [6.45, 7) is 3.72. The number of benzene rings is 1. The lowest BCUT2D eigenvalue weighted by Crippen LogP contribution is -2.05. The van der Waals surface area contributed by atoms with Gasteiger partial charge in [0, 0.05) is 19.4 Å². The fraction of sp³-hybridized carbons (Fsp3) is 0.462. The van der Waals surface area contributed by atoms with E-state index in [-0.39, 0.29) is 5.97 Å². The molecule has 0 atom stereocenters. The van der Waals surface area contributed by atoms with Crippen LogP contribution in [-0.2, 0) is 16.0 Å². The van der Waals surface area contributed by atoms with Crippen molar-refractivity contribution in [3.05, 3.63) is 23.3 Å². The Labute approximate surface area is 101 Å². The summed E-state index contributed by atoms with van der Waals surface area (Å²) in [4.78, 5) is 10.7. The van der Waals surface area contributed by atoms with Gasteiger partial charge in [0.25, 0.3) is 0 Å². The summed E-state index contributed by atoms with van der Waals surface area (Å²) in [7, 11) is 3.24. The van der Waals surface area contributed by atoms with Gasteiger partial charge in [0.15, 0.2) is 0 Å². The molecule has 0 radical (unpaired) electrons. The number of esters is 1. The van der Waals surface area contributed by atoms with Gasteiger partial charge in [-0.2, -0.15) is 0 Å². The molecule has 0 aliphatic rings. The summed E-state index contributed by atoms with van der Waals surface area (Å²) in [5.74, 6) is 1.27. The molecule has 1 aromatic rings. The van der Waals surface area contributed by atoms with Crippen molar-refractivity contribution in [2.75, 3.05) is 20.8 Å². The fourth-order valence-electron chi connectivity index (χ4n) is 1.64. The van der Waals surface area contributed by atoms with Crippen molar-refractivity contribution in [2.24, 2.45) is 0 Å². The molecule has 0 bridgehead atoms. The van der Waals surface area contributed by atoms with Gasteiger partial charge < -0.3 is 14.2 Å². The van der Waals surface area contributed by atoms with Crippen molar-refractivity contribution in [3.63, 3.8) is 0 Å². The number of hydrogen-bond donors (Lipinski definition) is 0. The first kappa shape index (κ1) is 13.4. The number of aryl methyl sites for hydroxylation is 1. The summed E-state index contributed by atoms with van der Waals surface area (Å²) >= 11 is 0. The van der Waals surface area contributed by atoms with E-state index < -0.39 is 0 Å². The first-order valence-corrected chi connectivity index (χ1v) is 5.43. The summed E-state index contributed by atoms with van der Waals surface area (Å²) in [5, 5.41) is 0. The number of carbonyl (C=O) groups excluding carboxylic acids is 1. The quantitative estimate of drug-likeness (QED) is 0.737. The van der Waals surface area contributed by atoms with Crippen LogP contribution in [0.5, 0.6) is 11.5 Å². The average Bonchev–Trinajstić information content (AvgIpc) is 2.29. The Morgan fingerprint density at radius 1 is 1.18 bits per heavy atom. The summed E-state index contributed by atoms with van der Waals surface area (Å²) in [6, 6.07) is 3.83. The third kappa shape index (κ3) is 3.66. The lowest BCUT2D eigenvalue weighted by Gasteiger charge is -2.12. The Morgan fingerprint density at radius 3 is 2.35 bits per heavy atom. The molecular weight excluding hydrogens is 220 g/mol. The molecule has 94 valence electrons. The van der Waals surface area contributed by atoms with Gasteiger partial charge >= 0.3 is 5.97 Å². The normalized spacial score (nSPS) is 9.88. The minimum absolute atomic E-state index is 0.269. The van der Waals surface area contributed by atoms with Crippen LogP contribution < -0.4 is 9.47 Å². The van der Waals surface area contributed by atoms with Crippen molar-refractivity contribution < 1.29 is 19.0 Å². The SMILES string of the molecule is COc1cc(OC)c(CCOC(C)=O)cc1C. The van der Waals surface area contributed by atoms with Gasteiger partial charge in [-0.25, -0.2) is 0 Å². The second kappa shape index (κ2) is 6.13. The standard InChI is InChI=1S/C13H18O4/c1-9-7-11(5-6-17-10(2)14)13(16-4)8-12(9)15-3/h7-8H,5-6H2,1-4H3.